The highest BCUT2D eigenvalue weighted by molar-refractivity contribution is 7.80. The van der Waals surface area contributed by atoms with Gasteiger partial charge < -0.3 is 19.5 Å². The van der Waals surface area contributed by atoms with Crippen molar-refractivity contribution in [3.05, 3.63) is 0 Å². The van der Waals surface area contributed by atoms with Crippen LogP contribution in [0.25, 0.3) is 0 Å². The van der Waals surface area contributed by atoms with Crippen LogP contribution in [-0.4, -0.2) is 39.7 Å². The number of Topliss-reactive ketones (excluding diaryl/α,β-unsaturated/α-hetero) is 2. The van der Waals surface area contributed by atoms with Gasteiger partial charge in [-0.2, -0.15) is 0 Å². The van der Waals surface area contributed by atoms with Crippen molar-refractivity contribution in [2.24, 2.45) is 0 Å². The molecular formula is C16H32F2O5S. The Bertz CT molecular complexity index is 268. The van der Waals surface area contributed by atoms with Gasteiger partial charge in [-0.05, 0) is 67.2 Å². The highest BCUT2D eigenvalue weighted by atomic mass is 32.1. The van der Waals surface area contributed by atoms with Gasteiger partial charge in [-0.15, -0.1) is 0 Å². The zero-order valence-electron chi connectivity index (χ0n) is 16.3. The van der Waals surface area contributed by atoms with E-state index in [4.69, 9.17) is 14.7 Å². The lowest BCUT2D eigenvalue weighted by atomic mass is 10.5. The molecule has 0 atom stereocenters. The zero-order chi connectivity index (χ0) is 21.5. The molecule has 0 heterocycles. The number of alkyl halides is 2. The van der Waals surface area contributed by atoms with Crippen molar-refractivity contribution in [3.8, 4) is 0 Å². The average molecular weight is 374 g/mol. The number of aldehydes is 1. The zero-order valence-corrected chi connectivity index (χ0v) is 17.1. The molecule has 0 aliphatic heterocycles. The van der Waals surface area contributed by atoms with Crippen molar-refractivity contribution < 1.29 is 33.1 Å². The number of ketones is 2. The van der Waals surface area contributed by atoms with Crippen molar-refractivity contribution in [1.82, 2.24) is 0 Å². The number of halogens is 2. The van der Waals surface area contributed by atoms with Gasteiger partial charge in [0.15, 0.2) is 0 Å². The van der Waals surface area contributed by atoms with Crippen LogP contribution in [0.2, 0.25) is 0 Å². The Morgan fingerprint density at radius 2 is 0.875 bits per heavy atom. The van der Waals surface area contributed by atoms with Gasteiger partial charge in [0, 0.05) is 6.92 Å². The van der Waals surface area contributed by atoms with E-state index in [0.29, 0.717) is 0 Å². The highest BCUT2D eigenvalue weighted by Gasteiger charge is 2.08. The standard InChI is InChI=1S/C3H6F2.2C3H6O.C3H6S.C2H4O2.C2H4O/c1-3(2,4)5;3*1-3(2)4;1-2(3)4;1-2-3/h1-2H3;3*1-2H3;1H3,(H,3,4);2H,1H3. The molecule has 0 aliphatic carbocycles. The van der Waals surface area contributed by atoms with Crippen LogP contribution in [0.4, 0.5) is 8.78 Å². The Hall–Kier alpha value is -1.57. The first-order chi connectivity index (χ1) is 10.3. The Balaban J connectivity index is -0.0000000408. The van der Waals surface area contributed by atoms with Crippen molar-refractivity contribution in [1.29, 1.82) is 0 Å². The summed E-state index contributed by atoms with van der Waals surface area (Å²) in [5.74, 6) is -3.00. The molecule has 0 spiro atoms. The first-order valence-corrected chi connectivity index (χ1v) is 7.14. The number of carboxylic acid groups (broad SMARTS) is 1. The summed E-state index contributed by atoms with van der Waals surface area (Å²) in [5.41, 5.74) is 0. The smallest absolute Gasteiger partial charge is 0.300 e. The minimum atomic E-state index is -2.50. The molecule has 146 valence electrons. The van der Waals surface area contributed by atoms with E-state index < -0.39 is 11.9 Å². The van der Waals surface area contributed by atoms with Crippen LogP contribution in [0.3, 0.4) is 0 Å². The second-order valence-corrected chi connectivity index (χ2v) is 5.62. The van der Waals surface area contributed by atoms with Crippen molar-refractivity contribution in [3.63, 3.8) is 0 Å². The van der Waals surface area contributed by atoms with Gasteiger partial charge in [-0.1, -0.05) is 12.2 Å². The molecule has 24 heavy (non-hydrogen) atoms. The van der Waals surface area contributed by atoms with Crippen LogP contribution in [0.1, 0.15) is 69.2 Å². The largest absolute Gasteiger partial charge is 0.481 e. The minimum Gasteiger partial charge on any atom is -0.481 e. The molecule has 0 aromatic rings. The van der Waals surface area contributed by atoms with E-state index in [9.17, 15) is 18.4 Å². The van der Waals surface area contributed by atoms with Crippen LogP contribution >= 0.6 is 12.2 Å². The molecule has 0 aromatic heterocycles. The summed E-state index contributed by atoms with van der Waals surface area (Å²) in [6, 6.07) is 0. The van der Waals surface area contributed by atoms with Gasteiger partial charge in [0.2, 0.25) is 5.92 Å². The van der Waals surface area contributed by atoms with Gasteiger partial charge in [0.1, 0.15) is 17.9 Å². The summed E-state index contributed by atoms with van der Waals surface area (Å²) in [5, 5.41) is 7.42. The number of hydrogen-bond acceptors (Lipinski definition) is 5. The predicted octanol–water partition coefficient (Wildman–Crippen LogP) is 4.54. The SMILES string of the molecule is CC(=O)O.CC(C)(F)F.CC(C)=O.CC(C)=O.CC(C)=S.CC=O. The molecule has 0 fully saturated rings. The second kappa shape index (κ2) is 29.4. The van der Waals surface area contributed by atoms with E-state index >= 15 is 0 Å². The molecule has 0 unspecified atom stereocenters. The maximum absolute atomic E-state index is 11.0. The number of rotatable bonds is 0. The molecule has 5 nitrogen and oxygen atoms in total. The molecule has 0 aromatic carbocycles. The molecule has 0 saturated carbocycles. The van der Waals surface area contributed by atoms with Crippen LogP contribution in [0.15, 0.2) is 0 Å². The van der Waals surface area contributed by atoms with Crippen LogP contribution in [-0.2, 0) is 19.2 Å². The summed E-state index contributed by atoms with van der Waals surface area (Å²) < 4.78 is 22.0. The van der Waals surface area contributed by atoms with E-state index in [1.165, 1.54) is 34.6 Å². The lowest BCUT2D eigenvalue weighted by Gasteiger charge is -1.94. The number of aliphatic carboxylic acids is 1. The minimum absolute atomic E-state index is 0.167. The molecule has 0 bridgehead atoms. The summed E-state index contributed by atoms with van der Waals surface area (Å²) >= 11 is 4.54. The predicted molar refractivity (Wildman–Crippen MR) is 98.0 cm³/mol. The monoisotopic (exact) mass is 374 g/mol. The highest BCUT2D eigenvalue weighted by Crippen LogP contribution is 2.06. The number of carboxylic acids is 1. The summed E-state index contributed by atoms with van der Waals surface area (Å²) in [7, 11) is 0. The number of carbonyl (C=O) groups excluding carboxylic acids is 3. The van der Waals surface area contributed by atoms with Crippen molar-refractivity contribution in [2.75, 3.05) is 0 Å². The van der Waals surface area contributed by atoms with Gasteiger partial charge >= 0.3 is 0 Å². The maximum atomic E-state index is 11.0. The third-order valence-electron chi connectivity index (χ3n) is 0. The lowest BCUT2D eigenvalue weighted by Crippen LogP contribution is -1.98. The lowest BCUT2D eigenvalue weighted by molar-refractivity contribution is -0.134. The fourth-order valence-corrected chi connectivity index (χ4v) is 0. The fourth-order valence-electron chi connectivity index (χ4n) is 0. The number of hydrogen-bond donors (Lipinski definition) is 1. The first kappa shape index (κ1) is 38.2. The van der Waals surface area contributed by atoms with Crippen LogP contribution < -0.4 is 0 Å². The van der Waals surface area contributed by atoms with E-state index in [1.807, 2.05) is 13.8 Å². The second-order valence-electron chi connectivity index (χ2n) is 4.81. The van der Waals surface area contributed by atoms with E-state index in [2.05, 4.69) is 12.2 Å². The summed E-state index contributed by atoms with van der Waals surface area (Å²) in [6.45, 7) is 14.1. The van der Waals surface area contributed by atoms with Gasteiger partial charge in [0.05, 0.1) is 0 Å². The van der Waals surface area contributed by atoms with Gasteiger partial charge in [-0.3, -0.25) is 4.79 Å². The molecule has 8 heteroatoms. The summed E-state index contributed by atoms with van der Waals surface area (Å²) in [4.78, 5) is 37.7. The number of carbonyl (C=O) groups is 4. The molecule has 0 saturated heterocycles. The third kappa shape index (κ3) is 3130. The summed E-state index contributed by atoms with van der Waals surface area (Å²) in [6.07, 6.45) is 0.750. The third-order valence-corrected chi connectivity index (χ3v) is 0. The molecule has 0 amide bonds. The van der Waals surface area contributed by atoms with Crippen LogP contribution in [0.5, 0.6) is 0 Å². The Morgan fingerprint density at radius 3 is 0.875 bits per heavy atom. The molecular weight excluding hydrogens is 342 g/mol. The topological polar surface area (TPSA) is 88.5 Å². The molecule has 0 radical (unpaired) electrons. The van der Waals surface area contributed by atoms with E-state index in [0.717, 1.165) is 31.9 Å². The van der Waals surface area contributed by atoms with Gasteiger partial charge in [0.25, 0.3) is 5.97 Å². The Morgan fingerprint density at radius 1 is 0.875 bits per heavy atom. The number of thiocarbonyl (C=S) groups is 1. The Kier molecular flexibility index (Phi) is 46.8. The average Bonchev–Trinajstić information content (AvgIpc) is 2.09. The Labute approximate surface area is 149 Å². The van der Waals surface area contributed by atoms with E-state index in [1.54, 1.807) is 0 Å². The quantitative estimate of drug-likeness (QED) is 0.494. The maximum Gasteiger partial charge on any atom is 0.300 e. The molecule has 1 N–H and O–H groups in total. The van der Waals surface area contributed by atoms with Gasteiger partial charge in [-0.25, -0.2) is 8.78 Å². The van der Waals surface area contributed by atoms with E-state index in [-0.39, 0.29) is 11.6 Å². The molecule has 0 aliphatic rings. The fraction of sp³-hybridized carbons (Fsp3) is 0.688. The first-order valence-electron chi connectivity index (χ1n) is 6.73. The molecule has 0 rings (SSSR count). The van der Waals surface area contributed by atoms with Crippen LogP contribution in [0, 0.1) is 0 Å². The van der Waals surface area contributed by atoms with Crippen molar-refractivity contribution >= 4 is 40.9 Å². The normalized spacial score (nSPS) is 7.33. The van der Waals surface area contributed by atoms with Crippen molar-refractivity contribution in [2.45, 2.75) is 75.2 Å².